The molecule has 5 rings (SSSR count). The Kier molecular flexibility index (Phi) is 6.84. The fraction of sp³-hybridized carbons (Fsp3) is 0.500. The Hall–Kier alpha value is -2.48. The minimum atomic E-state index is -0.344. The number of amides is 2. The van der Waals surface area contributed by atoms with Gasteiger partial charge in [-0.05, 0) is 63.5 Å². The number of allylic oxidation sites excluding steroid dienone is 2. The van der Waals surface area contributed by atoms with Crippen LogP contribution in [0.3, 0.4) is 0 Å². The molecule has 1 N–H and O–H groups in total. The third-order valence-corrected chi connectivity index (χ3v) is 8.14. The number of pyridine rings is 1. The third kappa shape index (κ3) is 5.22. The van der Waals surface area contributed by atoms with Crippen LogP contribution in [-0.2, 0) is 17.7 Å². The maximum absolute atomic E-state index is 12.7. The molecule has 0 atom stereocenters. The van der Waals surface area contributed by atoms with Gasteiger partial charge in [-0.2, -0.15) is 0 Å². The van der Waals surface area contributed by atoms with Crippen molar-refractivity contribution >= 4 is 22.9 Å². The molecule has 0 unspecified atom stereocenters. The van der Waals surface area contributed by atoms with Crippen LogP contribution in [0.5, 0.6) is 0 Å². The number of urea groups is 1. The molecule has 0 radical (unpaired) electrons. The molecule has 1 aliphatic carbocycles. The highest BCUT2D eigenvalue weighted by molar-refractivity contribution is 7.15. The molecular formula is C28H36N4O2S. The molecule has 35 heavy (non-hydrogen) atoms. The van der Waals surface area contributed by atoms with Crippen LogP contribution < -0.4 is 5.32 Å². The fourth-order valence-corrected chi connectivity index (χ4v) is 6.26. The number of hydrogen-bond acceptors (Lipinski definition) is 5. The number of hydrogen-bond donors (Lipinski definition) is 1. The van der Waals surface area contributed by atoms with Crippen molar-refractivity contribution in [3.63, 3.8) is 0 Å². The molecule has 4 heterocycles. The Labute approximate surface area is 212 Å². The van der Waals surface area contributed by atoms with Crippen molar-refractivity contribution in [1.29, 1.82) is 0 Å². The number of fused-ring (bicyclic) bond motifs is 1. The summed E-state index contributed by atoms with van der Waals surface area (Å²) in [5, 5.41) is 3.05. The van der Waals surface area contributed by atoms with Gasteiger partial charge in [0.15, 0.2) is 0 Å². The van der Waals surface area contributed by atoms with Crippen molar-refractivity contribution in [2.45, 2.75) is 58.7 Å². The Bertz CT molecular complexity index is 1160. The largest absolute Gasteiger partial charge is 0.379 e. The van der Waals surface area contributed by atoms with Crippen LogP contribution in [0.15, 0.2) is 42.1 Å². The van der Waals surface area contributed by atoms with Crippen LogP contribution in [0.25, 0.3) is 16.0 Å². The molecule has 0 aromatic carbocycles. The number of carbonyl (C=O) groups excluding carboxylic acids is 1. The molecule has 2 amide bonds. The zero-order valence-corrected chi connectivity index (χ0v) is 22.1. The van der Waals surface area contributed by atoms with Crippen LogP contribution >= 0.6 is 11.3 Å². The number of thiophene rings is 1. The van der Waals surface area contributed by atoms with Crippen LogP contribution in [0, 0.1) is 0 Å². The van der Waals surface area contributed by atoms with Crippen molar-refractivity contribution in [3.8, 4) is 10.4 Å². The first-order valence-electron chi connectivity index (χ1n) is 12.7. The van der Waals surface area contributed by atoms with Gasteiger partial charge >= 0.3 is 6.03 Å². The number of ether oxygens (including phenoxy) is 1. The van der Waals surface area contributed by atoms with Crippen molar-refractivity contribution in [2.24, 2.45) is 0 Å². The van der Waals surface area contributed by atoms with Gasteiger partial charge in [-0.25, -0.2) is 4.79 Å². The standard InChI is InChI=1S/C28H36N4O2S/c1-19(2)30-27(33)32-10-9-20(16-28(32,3)4)23-6-7-25-24(23)15-21(17-29-25)26-8-5-22(35-26)18-31-11-13-34-14-12-31/h5-6,8,15-17,19H,7,9-14,18H2,1-4H3,(H,30,33). The van der Waals surface area contributed by atoms with Gasteiger partial charge in [0.25, 0.3) is 0 Å². The Morgan fingerprint density at radius 2 is 2.03 bits per heavy atom. The van der Waals surface area contributed by atoms with E-state index in [9.17, 15) is 4.79 Å². The molecule has 2 aromatic rings. The normalized spacial score (nSPS) is 20.0. The molecule has 2 aromatic heterocycles. The monoisotopic (exact) mass is 492 g/mol. The molecule has 7 heteroatoms. The van der Waals surface area contributed by atoms with Gasteiger partial charge in [0.05, 0.1) is 24.4 Å². The van der Waals surface area contributed by atoms with Gasteiger partial charge in [-0.15, -0.1) is 11.3 Å². The Balaban J connectivity index is 1.35. The topological polar surface area (TPSA) is 57.7 Å². The van der Waals surface area contributed by atoms with E-state index in [1.807, 2.05) is 36.3 Å². The number of nitrogens with one attached hydrogen (secondary N) is 1. The molecule has 0 bridgehead atoms. The van der Waals surface area contributed by atoms with Gasteiger partial charge in [-0.1, -0.05) is 12.2 Å². The lowest BCUT2D eigenvalue weighted by Crippen LogP contribution is -2.54. The lowest BCUT2D eigenvalue weighted by atomic mass is 9.87. The zero-order valence-electron chi connectivity index (χ0n) is 21.3. The molecular weight excluding hydrogens is 456 g/mol. The van der Waals surface area contributed by atoms with E-state index in [0.29, 0.717) is 6.54 Å². The average Bonchev–Trinajstić information content (AvgIpc) is 3.45. The lowest BCUT2D eigenvalue weighted by Gasteiger charge is -2.41. The predicted molar refractivity (Wildman–Crippen MR) is 142 cm³/mol. The van der Waals surface area contributed by atoms with Gasteiger partial charge in [0.1, 0.15) is 0 Å². The van der Waals surface area contributed by atoms with Crippen molar-refractivity contribution < 1.29 is 9.53 Å². The summed E-state index contributed by atoms with van der Waals surface area (Å²) < 4.78 is 5.48. The molecule has 186 valence electrons. The SMILES string of the molecule is CC(C)NC(=O)N1CCC(C2=CCc3ncc(-c4ccc(CN5CCOCC5)s4)cc32)=CC1(C)C. The van der Waals surface area contributed by atoms with Crippen LogP contribution in [0.1, 0.15) is 50.3 Å². The fourth-order valence-electron chi connectivity index (χ4n) is 5.23. The smallest absolute Gasteiger partial charge is 0.318 e. The minimum Gasteiger partial charge on any atom is -0.379 e. The molecule has 0 spiro atoms. The maximum Gasteiger partial charge on any atom is 0.318 e. The number of aromatic nitrogens is 1. The van der Waals surface area contributed by atoms with Crippen LogP contribution in [0.2, 0.25) is 0 Å². The van der Waals surface area contributed by atoms with E-state index in [2.05, 4.69) is 54.4 Å². The zero-order chi connectivity index (χ0) is 24.6. The second-order valence-electron chi connectivity index (χ2n) is 10.5. The maximum atomic E-state index is 12.7. The first-order valence-corrected chi connectivity index (χ1v) is 13.5. The molecule has 0 saturated carbocycles. The number of morpholine rings is 1. The second kappa shape index (κ2) is 9.88. The van der Waals surface area contributed by atoms with E-state index in [0.717, 1.165) is 51.4 Å². The lowest BCUT2D eigenvalue weighted by molar-refractivity contribution is 0.0346. The Morgan fingerprint density at radius 3 is 2.77 bits per heavy atom. The van der Waals surface area contributed by atoms with E-state index >= 15 is 0 Å². The summed E-state index contributed by atoms with van der Waals surface area (Å²) in [6.45, 7) is 13.6. The van der Waals surface area contributed by atoms with Crippen LogP contribution in [0.4, 0.5) is 4.79 Å². The van der Waals surface area contributed by atoms with Gasteiger partial charge in [0, 0.05) is 65.7 Å². The summed E-state index contributed by atoms with van der Waals surface area (Å²) in [7, 11) is 0. The summed E-state index contributed by atoms with van der Waals surface area (Å²) in [5.74, 6) is 0. The van der Waals surface area contributed by atoms with Gasteiger partial charge in [-0.3, -0.25) is 9.88 Å². The molecule has 3 aliphatic rings. The van der Waals surface area contributed by atoms with Crippen molar-refractivity contribution in [2.75, 3.05) is 32.8 Å². The minimum absolute atomic E-state index is 0.00985. The number of nitrogens with zero attached hydrogens (tertiary/aromatic N) is 3. The molecule has 1 saturated heterocycles. The quantitative estimate of drug-likeness (QED) is 0.630. The summed E-state index contributed by atoms with van der Waals surface area (Å²) in [6.07, 6.45) is 8.33. The highest BCUT2D eigenvalue weighted by Crippen LogP contribution is 2.40. The first-order chi connectivity index (χ1) is 16.8. The highest BCUT2D eigenvalue weighted by atomic mass is 32.1. The number of rotatable bonds is 5. The average molecular weight is 493 g/mol. The van der Waals surface area contributed by atoms with Crippen LogP contribution in [-0.4, -0.2) is 65.2 Å². The van der Waals surface area contributed by atoms with E-state index in [-0.39, 0.29) is 17.6 Å². The third-order valence-electron chi connectivity index (χ3n) is 7.02. The molecule has 6 nitrogen and oxygen atoms in total. The summed E-state index contributed by atoms with van der Waals surface area (Å²) in [6, 6.07) is 6.94. The summed E-state index contributed by atoms with van der Waals surface area (Å²) >= 11 is 1.86. The van der Waals surface area contributed by atoms with E-state index < -0.39 is 0 Å². The molecule has 2 aliphatic heterocycles. The van der Waals surface area contributed by atoms with E-state index in [1.165, 1.54) is 32.0 Å². The number of carbonyl (C=O) groups is 1. The van der Waals surface area contributed by atoms with Crippen molar-refractivity contribution in [1.82, 2.24) is 20.1 Å². The van der Waals surface area contributed by atoms with E-state index in [4.69, 9.17) is 9.72 Å². The van der Waals surface area contributed by atoms with Gasteiger partial charge < -0.3 is 15.0 Å². The first kappa shape index (κ1) is 24.2. The summed E-state index contributed by atoms with van der Waals surface area (Å²) in [4.78, 5) is 24.6. The Morgan fingerprint density at radius 1 is 1.23 bits per heavy atom. The highest BCUT2D eigenvalue weighted by Gasteiger charge is 2.34. The van der Waals surface area contributed by atoms with Gasteiger partial charge in [0.2, 0.25) is 0 Å². The summed E-state index contributed by atoms with van der Waals surface area (Å²) in [5.41, 5.74) is 5.84. The van der Waals surface area contributed by atoms with Crippen molar-refractivity contribution in [3.05, 3.63) is 58.3 Å². The second-order valence-corrected chi connectivity index (χ2v) is 11.7. The molecule has 1 fully saturated rings. The van der Waals surface area contributed by atoms with E-state index in [1.54, 1.807) is 0 Å². The predicted octanol–water partition coefficient (Wildman–Crippen LogP) is 5.11.